The lowest BCUT2D eigenvalue weighted by Crippen LogP contribution is -2.29. The highest BCUT2D eigenvalue weighted by molar-refractivity contribution is 5.38. The van der Waals surface area contributed by atoms with Gasteiger partial charge in [-0.1, -0.05) is 24.3 Å². The van der Waals surface area contributed by atoms with Crippen molar-refractivity contribution in [2.75, 3.05) is 0 Å². The van der Waals surface area contributed by atoms with Crippen LogP contribution in [-0.2, 0) is 18.0 Å². The standard InChI is InChI=1S/C15H17N3O/c1-10-2-3-12(7-17-10)15(18-16)11-4-5-13-8-19-9-14(13)6-11/h2-7,15,18H,8-9,16H2,1H3. The van der Waals surface area contributed by atoms with Gasteiger partial charge in [0.05, 0.1) is 19.3 Å². The van der Waals surface area contributed by atoms with Gasteiger partial charge < -0.3 is 4.74 Å². The molecule has 0 spiro atoms. The van der Waals surface area contributed by atoms with Crippen molar-refractivity contribution in [2.45, 2.75) is 26.2 Å². The molecule has 1 unspecified atom stereocenters. The van der Waals surface area contributed by atoms with Gasteiger partial charge in [0, 0.05) is 11.9 Å². The minimum absolute atomic E-state index is 0.0426. The van der Waals surface area contributed by atoms with Gasteiger partial charge in [0.2, 0.25) is 0 Å². The Morgan fingerprint density at radius 3 is 2.68 bits per heavy atom. The van der Waals surface area contributed by atoms with Gasteiger partial charge in [-0.3, -0.25) is 10.8 Å². The summed E-state index contributed by atoms with van der Waals surface area (Å²) in [5, 5.41) is 0. The van der Waals surface area contributed by atoms with Crippen molar-refractivity contribution in [2.24, 2.45) is 5.84 Å². The molecule has 0 fully saturated rings. The van der Waals surface area contributed by atoms with Crippen molar-refractivity contribution in [3.63, 3.8) is 0 Å². The summed E-state index contributed by atoms with van der Waals surface area (Å²) in [5.74, 6) is 5.71. The van der Waals surface area contributed by atoms with Crippen molar-refractivity contribution in [3.05, 3.63) is 64.5 Å². The molecule has 3 rings (SSSR count). The predicted molar refractivity (Wildman–Crippen MR) is 73.1 cm³/mol. The number of rotatable bonds is 3. The molecule has 0 bridgehead atoms. The number of pyridine rings is 1. The fourth-order valence-corrected chi connectivity index (χ4v) is 2.41. The Labute approximate surface area is 112 Å². The molecule has 1 aliphatic rings. The monoisotopic (exact) mass is 255 g/mol. The van der Waals surface area contributed by atoms with Gasteiger partial charge in [-0.05, 0) is 35.2 Å². The van der Waals surface area contributed by atoms with Crippen molar-refractivity contribution < 1.29 is 4.74 Å². The van der Waals surface area contributed by atoms with Crippen LogP contribution in [0.5, 0.6) is 0 Å². The van der Waals surface area contributed by atoms with Crippen LogP contribution in [0.4, 0.5) is 0 Å². The largest absolute Gasteiger partial charge is 0.372 e. The second kappa shape index (κ2) is 5.09. The lowest BCUT2D eigenvalue weighted by Gasteiger charge is -2.17. The number of fused-ring (bicyclic) bond motifs is 1. The first-order chi connectivity index (χ1) is 9.28. The van der Waals surface area contributed by atoms with Crippen LogP contribution in [0.2, 0.25) is 0 Å². The van der Waals surface area contributed by atoms with Crippen molar-refractivity contribution in [1.82, 2.24) is 10.4 Å². The maximum absolute atomic E-state index is 5.71. The summed E-state index contributed by atoms with van der Waals surface area (Å²) >= 11 is 0. The number of nitrogens with one attached hydrogen (secondary N) is 1. The molecule has 0 radical (unpaired) electrons. The zero-order chi connectivity index (χ0) is 13.2. The molecule has 2 heterocycles. The van der Waals surface area contributed by atoms with Crippen molar-refractivity contribution in [1.29, 1.82) is 0 Å². The van der Waals surface area contributed by atoms with Gasteiger partial charge in [-0.2, -0.15) is 0 Å². The average molecular weight is 255 g/mol. The third-order valence-electron chi connectivity index (χ3n) is 3.51. The molecule has 19 heavy (non-hydrogen) atoms. The lowest BCUT2D eigenvalue weighted by atomic mass is 9.97. The van der Waals surface area contributed by atoms with Crippen LogP contribution in [0.25, 0.3) is 0 Å². The minimum atomic E-state index is -0.0426. The van der Waals surface area contributed by atoms with Crippen LogP contribution in [0, 0.1) is 6.92 Å². The van der Waals surface area contributed by atoms with Gasteiger partial charge in [0.1, 0.15) is 0 Å². The van der Waals surface area contributed by atoms with Gasteiger partial charge in [0.15, 0.2) is 0 Å². The Kier molecular flexibility index (Phi) is 3.29. The van der Waals surface area contributed by atoms with Crippen LogP contribution in [-0.4, -0.2) is 4.98 Å². The number of aryl methyl sites for hydroxylation is 1. The SMILES string of the molecule is Cc1ccc(C(NN)c2ccc3c(c2)COC3)cn1. The molecule has 0 amide bonds. The van der Waals surface area contributed by atoms with Gasteiger partial charge in [-0.25, -0.2) is 5.43 Å². The van der Waals surface area contributed by atoms with E-state index in [1.54, 1.807) is 0 Å². The van der Waals surface area contributed by atoms with E-state index in [9.17, 15) is 0 Å². The first kappa shape index (κ1) is 12.3. The van der Waals surface area contributed by atoms with Gasteiger partial charge in [0.25, 0.3) is 0 Å². The highest BCUT2D eigenvalue weighted by Gasteiger charge is 2.17. The molecule has 4 heteroatoms. The number of hydrogen-bond donors (Lipinski definition) is 2. The van der Waals surface area contributed by atoms with E-state index < -0.39 is 0 Å². The van der Waals surface area contributed by atoms with E-state index in [2.05, 4.69) is 34.7 Å². The Morgan fingerprint density at radius 1 is 1.16 bits per heavy atom. The molecular formula is C15H17N3O. The first-order valence-corrected chi connectivity index (χ1v) is 6.36. The summed E-state index contributed by atoms with van der Waals surface area (Å²) in [7, 11) is 0. The Hall–Kier alpha value is -1.75. The van der Waals surface area contributed by atoms with E-state index >= 15 is 0 Å². The molecule has 1 aliphatic heterocycles. The summed E-state index contributed by atoms with van der Waals surface area (Å²) in [6.45, 7) is 3.37. The summed E-state index contributed by atoms with van der Waals surface area (Å²) in [6.07, 6.45) is 1.86. The zero-order valence-electron chi connectivity index (χ0n) is 10.9. The maximum Gasteiger partial charge on any atom is 0.0725 e. The van der Waals surface area contributed by atoms with E-state index in [-0.39, 0.29) is 6.04 Å². The number of ether oxygens (including phenoxy) is 1. The van der Waals surface area contributed by atoms with Crippen molar-refractivity contribution >= 4 is 0 Å². The molecule has 0 aliphatic carbocycles. The number of aromatic nitrogens is 1. The Bertz CT molecular complexity index is 580. The molecule has 3 N–H and O–H groups in total. The number of hydrogen-bond acceptors (Lipinski definition) is 4. The fraction of sp³-hybridized carbons (Fsp3) is 0.267. The third-order valence-corrected chi connectivity index (χ3v) is 3.51. The quantitative estimate of drug-likeness (QED) is 0.650. The van der Waals surface area contributed by atoms with Crippen LogP contribution in [0.15, 0.2) is 36.5 Å². The molecule has 2 aromatic rings. The molecule has 1 aromatic heterocycles. The Morgan fingerprint density at radius 2 is 1.95 bits per heavy atom. The lowest BCUT2D eigenvalue weighted by molar-refractivity contribution is 0.134. The molecule has 0 saturated heterocycles. The fourth-order valence-electron chi connectivity index (χ4n) is 2.41. The van der Waals surface area contributed by atoms with Crippen molar-refractivity contribution in [3.8, 4) is 0 Å². The topological polar surface area (TPSA) is 60.2 Å². The van der Waals surface area contributed by atoms with Crippen LogP contribution in [0.3, 0.4) is 0 Å². The van der Waals surface area contributed by atoms with E-state index in [1.165, 1.54) is 11.1 Å². The van der Waals surface area contributed by atoms with E-state index in [4.69, 9.17) is 10.6 Å². The minimum Gasteiger partial charge on any atom is -0.372 e. The molecule has 4 nitrogen and oxygen atoms in total. The highest BCUT2D eigenvalue weighted by atomic mass is 16.5. The highest BCUT2D eigenvalue weighted by Crippen LogP contribution is 2.26. The second-order valence-corrected chi connectivity index (χ2v) is 4.85. The summed E-state index contributed by atoms with van der Waals surface area (Å²) < 4.78 is 5.44. The smallest absolute Gasteiger partial charge is 0.0725 e. The zero-order valence-corrected chi connectivity index (χ0v) is 10.9. The first-order valence-electron chi connectivity index (χ1n) is 6.36. The summed E-state index contributed by atoms with van der Waals surface area (Å²) in [5.41, 5.74) is 8.58. The normalized spacial score (nSPS) is 15.3. The molecule has 0 saturated carbocycles. The number of nitrogens with two attached hydrogens (primary N) is 1. The maximum atomic E-state index is 5.71. The molecular weight excluding hydrogens is 238 g/mol. The van der Waals surface area contributed by atoms with E-state index in [0.29, 0.717) is 13.2 Å². The van der Waals surface area contributed by atoms with Crippen LogP contribution < -0.4 is 11.3 Å². The predicted octanol–water partition coefficient (Wildman–Crippen LogP) is 1.97. The number of nitrogens with zero attached hydrogens (tertiary/aromatic N) is 1. The molecule has 1 aromatic carbocycles. The summed E-state index contributed by atoms with van der Waals surface area (Å²) in [4.78, 5) is 4.33. The molecule has 1 atom stereocenters. The van der Waals surface area contributed by atoms with E-state index in [1.807, 2.05) is 19.2 Å². The van der Waals surface area contributed by atoms with Gasteiger partial charge >= 0.3 is 0 Å². The van der Waals surface area contributed by atoms with Crippen LogP contribution in [0.1, 0.15) is 34.0 Å². The van der Waals surface area contributed by atoms with E-state index in [0.717, 1.165) is 16.8 Å². The average Bonchev–Trinajstić information content (AvgIpc) is 2.89. The third kappa shape index (κ3) is 2.38. The van der Waals surface area contributed by atoms with Crippen LogP contribution >= 0.6 is 0 Å². The Balaban J connectivity index is 1.96. The van der Waals surface area contributed by atoms with Gasteiger partial charge in [-0.15, -0.1) is 0 Å². The summed E-state index contributed by atoms with van der Waals surface area (Å²) in [6, 6.07) is 10.4. The number of benzene rings is 1. The number of hydrazine groups is 1. The second-order valence-electron chi connectivity index (χ2n) is 4.85. The molecule has 98 valence electrons.